The van der Waals surface area contributed by atoms with Gasteiger partial charge in [0.05, 0.1) is 17.3 Å². The molecule has 0 aliphatic rings. The predicted molar refractivity (Wildman–Crippen MR) is 76.7 cm³/mol. The molecule has 0 amide bonds. The van der Waals surface area contributed by atoms with Crippen LogP contribution in [-0.2, 0) is 7.05 Å². The van der Waals surface area contributed by atoms with Crippen LogP contribution in [0, 0.1) is 0 Å². The smallest absolute Gasteiger partial charge is 0.0872 e. The van der Waals surface area contributed by atoms with Crippen LogP contribution >= 0.6 is 0 Å². The first-order chi connectivity index (χ1) is 8.77. The molecule has 3 nitrogen and oxygen atoms in total. The summed E-state index contributed by atoms with van der Waals surface area (Å²) in [5.41, 5.74) is 2.41. The maximum atomic E-state index is 4.72. The van der Waals surface area contributed by atoms with E-state index in [-0.39, 0.29) is 0 Å². The Morgan fingerprint density at radius 2 is 2.06 bits per heavy atom. The van der Waals surface area contributed by atoms with Gasteiger partial charge in [-0.25, -0.2) is 0 Å². The highest BCUT2D eigenvalue weighted by Crippen LogP contribution is 2.26. The largest absolute Gasteiger partial charge is 0.309 e. The summed E-state index contributed by atoms with van der Waals surface area (Å²) < 4.78 is 1.99. The van der Waals surface area contributed by atoms with E-state index in [2.05, 4.69) is 43.4 Å². The van der Waals surface area contributed by atoms with Crippen molar-refractivity contribution in [2.24, 2.45) is 7.05 Å². The van der Waals surface area contributed by atoms with Crippen LogP contribution in [-0.4, -0.2) is 16.3 Å². The highest BCUT2D eigenvalue weighted by atomic mass is 15.3. The first-order valence-electron chi connectivity index (χ1n) is 6.93. The number of nitrogens with zero attached hydrogens (tertiary/aromatic N) is 2. The lowest BCUT2D eigenvalue weighted by Crippen LogP contribution is -2.21. The Balaban J connectivity index is 2.37. The fraction of sp³-hybridized carbons (Fsp3) is 0.533. The molecule has 1 atom stereocenters. The number of nitrogens with one attached hydrogen (secondary N) is 1. The van der Waals surface area contributed by atoms with Gasteiger partial charge in [-0.15, -0.1) is 0 Å². The lowest BCUT2D eigenvalue weighted by molar-refractivity contribution is 0.481. The number of rotatable bonds is 6. The van der Waals surface area contributed by atoms with E-state index in [0.717, 1.165) is 13.0 Å². The van der Waals surface area contributed by atoms with Crippen molar-refractivity contribution in [3.05, 3.63) is 30.0 Å². The molecule has 1 unspecified atom stereocenters. The summed E-state index contributed by atoms with van der Waals surface area (Å²) in [5, 5.41) is 9.56. The Bertz CT molecular complexity index is 501. The van der Waals surface area contributed by atoms with Gasteiger partial charge in [0.15, 0.2) is 0 Å². The topological polar surface area (TPSA) is 29.9 Å². The molecule has 0 fully saturated rings. The summed E-state index contributed by atoms with van der Waals surface area (Å²) in [6, 6.07) is 8.85. The number of benzene rings is 1. The molecule has 0 aliphatic heterocycles. The second-order valence-corrected chi connectivity index (χ2v) is 4.78. The molecule has 98 valence electrons. The van der Waals surface area contributed by atoms with Gasteiger partial charge < -0.3 is 5.32 Å². The van der Waals surface area contributed by atoms with E-state index in [1.54, 1.807) is 0 Å². The van der Waals surface area contributed by atoms with Crippen molar-refractivity contribution in [1.82, 2.24) is 15.1 Å². The van der Waals surface area contributed by atoms with Gasteiger partial charge in [0, 0.05) is 12.4 Å². The highest BCUT2D eigenvalue weighted by molar-refractivity contribution is 5.82. The maximum absolute atomic E-state index is 4.72. The van der Waals surface area contributed by atoms with Crippen LogP contribution in [0.25, 0.3) is 10.9 Å². The summed E-state index contributed by atoms with van der Waals surface area (Å²) in [7, 11) is 2.02. The van der Waals surface area contributed by atoms with Crippen LogP contribution in [0.1, 0.15) is 44.8 Å². The van der Waals surface area contributed by atoms with E-state index in [1.165, 1.54) is 29.4 Å². The van der Waals surface area contributed by atoms with Crippen LogP contribution in [0.15, 0.2) is 24.3 Å². The van der Waals surface area contributed by atoms with Crippen molar-refractivity contribution >= 4 is 10.9 Å². The Labute approximate surface area is 109 Å². The molecule has 0 bridgehead atoms. The molecule has 0 spiro atoms. The number of fused-ring (bicyclic) bond motifs is 1. The molecule has 3 heteroatoms. The fourth-order valence-electron chi connectivity index (χ4n) is 2.49. The van der Waals surface area contributed by atoms with E-state index >= 15 is 0 Å². The lowest BCUT2D eigenvalue weighted by atomic mass is 10.0. The molecular weight excluding hydrogens is 222 g/mol. The number of aromatic nitrogens is 2. The molecule has 1 heterocycles. The Morgan fingerprint density at radius 3 is 2.78 bits per heavy atom. The van der Waals surface area contributed by atoms with Crippen molar-refractivity contribution in [1.29, 1.82) is 0 Å². The van der Waals surface area contributed by atoms with Gasteiger partial charge in [-0.3, -0.25) is 4.68 Å². The molecule has 0 aliphatic carbocycles. The second-order valence-electron chi connectivity index (χ2n) is 4.78. The monoisotopic (exact) mass is 245 g/mol. The van der Waals surface area contributed by atoms with E-state index in [9.17, 15) is 0 Å². The van der Waals surface area contributed by atoms with Gasteiger partial charge in [-0.05, 0) is 19.0 Å². The zero-order valence-electron chi connectivity index (χ0n) is 11.6. The fourth-order valence-corrected chi connectivity index (χ4v) is 2.49. The van der Waals surface area contributed by atoms with Crippen LogP contribution < -0.4 is 5.32 Å². The normalized spacial score (nSPS) is 13.1. The van der Waals surface area contributed by atoms with Crippen molar-refractivity contribution in [2.45, 2.75) is 39.2 Å². The molecule has 0 radical (unpaired) electrons. The predicted octanol–water partition coefficient (Wildman–Crippen LogP) is 3.41. The Hall–Kier alpha value is -1.35. The van der Waals surface area contributed by atoms with E-state index in [1.807, 2.05) is 11.7 Å². The molecule has 0 saturated heterocycles. The van der Waals surface area contributed by atoms with Gasteiger partial charge in [0.2, 0.25) is 0 Å². The first kappa shape index (κ1) is 13.1. The standard InChI is InChI=1S/C15H23N3/c1-4-6-10-13(16-5-2)15-12-9-7-8-11-14(12)18(3)17-15/h7-9,11,13,16H,4-6,10H2,1-3H3. The Kier molecular flexibility index (Phi) is 4.37. The average Bonchev–Trinajstić information content (AvgIpc) is 2.73. The van der Waals surface area contributed by atoms with Gasteiger partial charge in [0.25, 0.3) is 0 Å². The quantitative estimate of drug-likeness (QED) is 0.845. The summed E-state index contributed by atoms with van der Waals surface area (Å²) in [5.74, 6) is 0. The van der Waals surface area contributed by atoms with Gasteiger partial charge >= 0.3 is 0 Å². The van der Waals surface area contributed by atoms with Crippen molar-refractivity contribution in [3.8, 4) is 0 Å². The molecule has 1 aromatic heterocycles. The van der Waals surface area contributed by atoms with Crippen LogP contribution in [0.2, 0.25) is 0 Å². The summed E-state index contributed by atoms with van der Waals surface area (Å²) in [6.07, 6.45) is 3.63. The highest BCUT2D eigenvalue weighted by Gasteiger charge is 2.17. The number of hydrogen-bond acceptors (Lipinski definition) is 2. The summed E-state index contributed by atoms with van der Waals surface area (Å²) in [6.45, 7) is 5.38. The minimum Gasteiger partial charge on any atom is -0.309 e. The number of aryl methyl sites for hydroxylation is 1. The van der Waals surface area contributed by atoms with Gasteiger partial charge in [-0.1, -0.05) is 44.9 Å². The third-order valence-corrected chi connectivity index (χ3v) is 3.41. The molecule has 2 rings (SSSR count). The van der Waals surface area contributed by atoms with Crippen LogP contribution in [0.5, 0.6) is 0 Å². The zero-order chi connectivity index (χ0) is 13.0. The molecule has 18 heavy (non-hydrogen) atoms. The zero-order valence-corrected chi connectivity index (χ0v) is 11.6. The molecule has 1 aromatic carbocycles. The number of hydrogen-bond donors (Lipinski definition) is 1. The minimum absolute atomic E-state index is 0.376. The van der Waals surface area contributed by atoms with Crippen molar-refractivity contribution in [3.63, 3.8) is 0 Å². The number of para-hydroxylation sites is 1. The molecule has 1 N–H and O–H groups in total. The van der Waals surface area contributed by atoms with Crippen molar-refractivity contribution in [2.75, 3.05) is 6.54 Å². The van der Waals surface area contributed by atoms with Crippen molar-refractivity contribution < 1.29 is 0 Å². The average molecular weight is 245 g/mol. The summed E-state index contributed by atoms with van der Waals surface area (Å²) >= 11 is 0. The minimum atomic E-state index is 0.376. The Morgan fingerprint density at radius 1 is 1.28 bits per heavy atom. The number of unbranched alkanes of at least 4 members (excludes halogenated alkanes) is 1. The van der Waals surface area contributed by atoms with E-state index in [0.29, 0.717) is 6.04 Å². The van der Waals surface area contributed by atoms with Gasteiger partial charge in [-0.2, -0.15) is 5.10 Å². The van der Waals surface area contributed by atoms with Crippen LogP contribution in [0.3, 0.4) is 0 Å². The molecule has 2 aromatic rings. The SMILES string of the molecule is CCCCC(NCC)c1nn(C)c2ccccc12. The third kappa shape index (κ3) is 2.56. The van der Waals surface area contributed by atoms with Gasteiger partial charge in [0.1, 0.15) is 0 Å². The van der Waals surface area contributed by atoms with E-state index in [4.69, 9.17) is 5.10 Å². The maximum Gasteiger partial charge on any atom is 0.0872 e. The van der Waals surface area contributed by atoms with E-state index < -0.39 is 0 Å². The molecule has 0 saturated carbocycles. The molecular formula is C15H23N3. The first-order valence-corrected chi connectivity index (χ1v) is 6.93. The summed E-state index contributed by atoms with van der Waals surface area (Å²) in [4.78, 5) is 0. The second kappa shape index (κ2) is 6.01. The lowest BCUT2D eigenvalue weighted by Gasteiger charge is -2.15. The van der Waals surface area contributed by atoms with Crippen LogP contribution in [0.4, 0.5) is 0 Å². The third-order valence-electron chi connectivity index (χ3n) is 3.41.